The van der Waals surface area contributed by atoms with E-state index in [-0.39, 0.29) is 18.1 Å². The minimum atomic E-state index is -0.483. The molecule has 0 radical (unpaired) electrons. The third-order valence-corrected chi connectivity index (χ3v) is 4.91. The highest BCUT2D eigenvalue weighted by atomic mass is 35.5. The standard InChI is InChI=1S/C22H21ClN6O3/c1-3-31-17-9-7-14(8-10-17)22-26-18(13(2)32-22)12-29-20(24)19(27-28-29)21(30)25-16-6-4-5-15(23)11-16/h4-11H,3,12,24H2,1-2H3,(H,25,30). The summed E-state index contributed by atoms with van der Waals surface area (Å²) in [4.78, 5) is 17.1. The number of anilines is 2. The van der Waals surface area contributed by atoms with Crippen LogP contribution in [-0.2, 0) is 6.54 Å². The minimum absolute atomic E-state index is 0.0119. The maximum atomic E-state index is 12.5. The van der Waals surface area contributed by atoms with Crippen molar-refractivity contribution in [1.82, 2.24) is 20.0 Å². The van der Waals surface area contributed by atoms with E-state index in [0.717, 1.165) is 11.3 Å². The minimum Gasteiger partial charge on any atom is -0.494 e. The summed E-state index contributed by atoms with van der Waals surface area (Å²) in [7, 11) is 0. The van der Waals surface area contributed by atoms with Gasteiger partial charge in [-0.05, 0) is 56.3 Å². The molecule has 2 heterocycles. The van der Waals surface area contributed by atoms with Crippen LogP contribution in [0.1, 0.15) is 28.9 Å². The molecule has 4 aromatic rings. The number of nitrogens with one attached hydrogen (secondary N) is 1. The second-order valence-corrected chi connectivity index (χ2v) is 7.36. The number of nitrogens with zero attached hydrogens (tertiary/aromatic N) is 4. The van der Waals surface area contributed by atoms with E-state index >= 15 is 0 Å². The highest BCUT2D eigenvalue weighted by Crippen LogP contribution is 2.25. The number of benzene rings is 2. The maximum absolute atomic E-state index is 12.5. The van der Waals surface area contributed by atoms with Gasteiger partial charge in [0.05, 0.1) is 13.2 Å². The van der Waals surface area contributed by atoms with Crippen LogP contribution >= 0.6 is 11.6 Å². The van der Waals surface area contributed by atoms with Gasteiger partial charge in [-0.25, -0.2) is 9.67 Å². The Hall–Kier alpha value is -3.85. The van der Waals surface area contributed by atoms with Gasteiger partial charge < -0.3 is 20.2 Å². The third-order valence-electron chi connectivity index (χ3n) is 4.68. The lowest BCUT2D eigenvalue weighted by molar-refractivity contribution is 0.102. The number of carbonyl (C=O) groups is 1. The van der Waals surface area contributed by atoms with E-state index in [0.29, 0.717) is 34.7 Å². The Morgan fingerprint density at radius 2 is 2.03 bits per heavy atom. The van der Waals surface area contributed by atoms with Crippen molar-refractivity contribution >= 4 is 29.0 Å². The van der Waals surface area contributed by atoms with Crippen LogP contribution in [0.4, 0.5) is 11.5 Å². The molecular weight excluding hydrogens is 432 g/mol. The van der Waals surface area contributed by atoms with Crippen LogP contribution in [0, 0.1) is 6.92 Å². The molecule has 0 unspecified atom stereocenters. The van der Waals surface area contributed by atoms with Crippen molar-refractivity contribution in [3.8, 4) is 17.2 Å². The van der Waals surface area contributed by atoms with Crippen molar-refractivity contribution in [1.29, 1.82) is 0 Å². The lowest BCUT2D eigenvalue weighted by atomic mass is 10.2. The number of hydrogen-bond donors (Lipinski definition) is 2. The molecule has 4 rings (SSSR count). The summed E-state index contributed by atoms with van der Waals surface area (Å²) in [5, 5.41) is 11.1. The van der Waals surface area contributed by atoms with Crippen LogP contribution < -0.4 is 15.8 Å². The Morgan fingerprint density at radius 1 is 1.25 bits per heavy atom. The predicted molar refractivity (Wildman–Crippen MR) is 121 cm³/mol. The zero-order valence-electron chi connectivity index (χ0n) is 17.5. The molecule has 2 aromatic carbocycles. The average molecular weight is 453 g/mol. The monoisotopic (exact) mass is 452 g/mol. The molecule has 0 aliphatic rings. The Bertz CT molecular complexity index is 1250. The van der Waals surface area contributed by atoms with Crippen molar-refractivity contribution < 1.29 is 13.9 Å². The Kier molecular flexibility index (Phi) is 6.09. The van der Waals surface area contributed by atoms with Gasteiger partial charge in [-0.3, -0.25) is 4.79 Å². The molecule has 0 spiro atoms. The van der Waals surface area contributed by atoms with E-state index in [9.17, 15) is 4.79 Å². The number of rotatable bonds is 7. The second kappa shape index (κ2) is 9.11. The van der Waals surface area contributed by atoms with E-state index in [1.54, 1.807) is 31.2 Å². The fraction of sp³-hybridized carbons (Fsp3) is 0.182. The molecular formula is C22H21ClN6O3. The van der Waals surface area contributed by atoms with Crippen molar-refractivity contribution in [2.45, 2.75) is 20.4 Å². The number of hydrogen-bond acceptors (Lipinski definition) is 7. The first-order valence-corrected chi connectivity index (χ1v) is 10.3. The van der Waals surface area contributed by atoms with Crippen molar-refractivity contribution in [3.63, 3.8) is 0 Å². The first-order valence-electron chi connectivity index (χ1n) is 9.90. The van der Waals surface area contributed by atoms with Crippen LogP contribution in [0.3, 0.4) is 0 Å². The summed E-state index contributed by atoms with van der Waals surface area (Å²) >= 11 is 5.95. The first kappa shape index (κ1) is 21.4. The first-order chi connectivity index (χ1) is 15.4. The molecule has 0 saturated carbocycles. The van der Waals surface area contributed by atoms with Gasteiger partial charge in [0.25, 0.3) is 5.91 Å². The number of nitrogens with two attached hydrogens (primary N) is 1. The van der Waals surface area contributed by atoms with E-state index in [1.165, 1.54) is 4.68 Å². The second-order valence-electron chi connectivity index (χ2n) is 6.92. The number of carbonyl (C=O) groups excluding carboxylic acids is 1. The molecule has 32 heavy (non-hydrogen) atoms. The van der Waals surface area contributed by atoms with Gasteiger partial charge in [-0.15, -0.1) is 5.10 Å². The number of amides is 1. The fourth-order valence-corrected chi connectivity index (χ4v) is 3.25. The van der Waals surface area contributed by atoms with Gasteiger partial charge in [0.2, 0.25) is 5.89 Å². The smallest absolute Gasteiger partial charge is 0.280 e. The van der Waals surface area contributed by atoms with Crippen LogP contribution in [0.5, 0.6) is 5.75 Å². The van der Waals surface area contributed by atoms with E-state index in [4.69, 9.17) is 26.5 Å². The molecule has 3 N–H and O–H groups in total. The number of nitrogen functional groups attached to an aromatic ring is 1. The van der Waals surface area contributed by atoms with Crippen LogP contribution in [0.25, 0.3) is 11.5 Å². The zero-order chi connectivity index (χ0) is 22.7. The predicted octanol–water partition coefficient (Wildman–Crippen LogP) is 4.18. The summed E-state index contributed by atoms with van der Waals surface area (Å²) < 4.78 is 12.7. The molecule has 0 aliphatic carbocycles. The molecule has 0 aliphatic heterocycles. The fourth-order valence-electron chi connectivity index (χ4n) is 3.06. The highest BCUT2D eigenvalue weighted by Gasteiger charge is 2.20. The Balaban J connectivity index is 1.50. The lowest BCUT2D eigenvalue weighted by Crippen LogP contribution is -2.15. The van der Waals surface area contributed by atoms with E-state index in [1.807, 2.05) is 31.2 Å². The van der Waals surface area contributed by atoms with Crippen LogP contribution in [0.2, 0.25) is 5.02 Å². The lowest BCUT2D eigenvalue weighted by Gasteiger charge is -2.04. The van der Waals surface area contributed by atoms with Crippen LogP contribution in [-0.4, -0.2) is 32.5 Å². The number of aryl methyl sites for hydroxylation is 1. The number of oxazole rings is 1. The molecule has 164 valence electrons. The van der Waals surface area contributed by atoms with Crippen LogP contribution in [0.15, 0.2) is 52.9 Å². The number of aromatic nitrogens is 4. The topological polar surface area (TPSA) is 121 Å². The zero-order valence-corrected chi connectivity index (χ0v) is 18.3. The van der Waals surface area contributed by atoms with Gasteiger partial charge in [-0.1, -0.05) is 22.9 Å². The molecule has 9 nitrogen and oxygen atoms in total. The molecule has 10 heteroatoms. The SMILES string of the molecule is CCOc1ccc(-c2nc(Cn3nnc(C(=O)Nc4cccc(Cl)c4)c3N)c(C)o2)cc1. The maximum Gasteiger partial charge on any atom is 0.280 e. The van der Waals surface area contributed by atoms with Crippen molar-refractivity contribution in [2.24, 2.45) is 0 Å². The van der Waals surface area contributed by atoms with Gasteiger partial charge in [0, 0.05) is 16.3 Å². The van der Waals surface area contributed by atoms with E-state index < -0.39 is 5.91 Å². The quantitative estimate of drug-likeness (QED) is 0.431. The third kappa shape index (κ3) is 4.57. The summed E-state index contributed by atoms with van der Waals surface area (Å²) in [5.74, 6) is 1.50. The summed E-state index contributed by atoms with van der Waals surface area (Å²) in [5.41, 5.74) is 8.12. The highest BCUT2D eigenvalue weighted by molar-refractivity contribution is 6.31. The largest absolute Gasteiger partial charge is 0.494 e. The van der Waals surface area contributed by atoms with Crippen molar-refractivity contribution in [3.05, 3.63) is 70.7 Å². The Morgan fingerprint density at radius 3 is 2.75 bits per heavy atom. The normalized spacial score (nSPS) is 10.8. The van der Waals surface area contributed by atoms with E-state index in [2.05, 4.69) is 20.6 Å². The molecule has 1 amide bonds. The summed E-state index contributed by atoms with van der Waals surface area (Å²) in [6.07, 6.45) is 0. The summed E-state index contributed by atoms with van der Waals surface area (Å²) in [6.45, 7) is 4.54. The van der Waals surface area contributed by atoms with Crippen molar-refractivity contribution in [2.75, 3.05) is 17.7 Å². The number of ether oxygens (including phenoxy) is 1. The Labute approximate surface area is 189 Å². The van der Waals surface area contributed by atoms with Gasteiger partial charge in [-0.2, -0.15) is 0 Å². The average Bonchev–Trinajstić information content (AvgIpc) is 3.32. The molecule has 0 fully saturated rings. The number of halogens is 1. The molecule has 0 bridgehead atoms. The molecule has 0 saturated heterocycles. The van der Waals surface area contributed by atoms with Gasteiger partial charge >= 0.3 is 0 Å². The van der Waals surface area contributed by atoms with Gasteiger partial charge in [0.15, 0.2) is 11.5 Å². The summed E-state index contributed by atoms with van der Waals surface area (Å²) in [6, 6.07) is 14.3. The molecule has 2 aromatic heterocycles. The van der Waals surface area contributed by atoms with Gasteiger partial charge in [0.1, 0.15) is 17.2 Å². The molecule has 0 atom stereocenters.